The maximum atomic E-state index is 12.2. The van der Waals surface area contributed by atoms with E-state index in [0.29, 0.717) is 30.4 Å². The number of hydrogen-bond acceptors (Lipinski definition) is 4. The number of nitrogens with zero attached hydrogens (tertiary/aromatic N) is 1. The molecule has 114 valence electrons. The second-order valence-corrected chi connectivity index (χ2v) is 7.17. The van der Waals surface area contributed by atoms with Gasteiger partial charge < -0.3 is 10.5 Å². The van der Waals surface area contributed by atoms with Crippen molar-refractivity contribution >= 4 is 15.7 Å². The van der Waals surface area contributed by atoms with Crippen molar-refractivity contribution in [3.63, 3.8) is 0 Å². The Morgan fingerprint density at radius 3 is 2.60 bits per heavy atom. The van der Waals surface area contributed by atoms with Gasteiger partial charge in [0.15, 0.2) is 0 Å². The van der Waals surface area contributed by atoms with Crippen LogP contribution in [-0.2, 0) is 10.0 Å². The van der Waals surface area contributed by atoms with Crippen molar-refractivity contribution in [1.29, 1.82) is 0 Å². The first-order valence-electron chi connectivity index (χ1n) is 6.81. The summed E-state index contributed by atoms with van der Waals surface area (Å²) >= 11 is 0. The Labute approximate surface area is 121 Å². The summed E-state index contributed by atoms with van der Waals surface area (Å²) in [6, 6.07) is 6.97. The Morgan fingerprint density at radius 1 is 1.35 bits per heavy atom. The highest BCUT2D eigenvalue weighted by molar-refractivity contribution is 7.89. The topological polar surface area (TPSA) is 72.6 Å². The monoisotopic (exact) mass is 300 g/mol. The number of nitrogen functional groups attached to an aromatic ring is 1. The molecule has 2 N–H and O–H groups in total. The molecule has 0 saturated carbocycles. The average Bonchev–Trinajstić information content (AvgIpc) is 2.35. The predicted octanol–water partition coefficient (Wildman–Crippen LogP) is 1.96. The molecular formula is C14H24N2O3S. The van der Waals surface area contributed by atoms with Gasteiger partial charge in [-0.15, -0.1) is 0 Å². The lowest BCUT2D eigenvalue weighted by molar-refractivity contribution is 0.330. The maximum absolute atomic E-state index is 12.2. The molecule has 0 aliphatic carbocycles. The summed E-state index contributed by atoms with van der Waals surface area (Å²) in [5.41, 5.74) is 6.23. The molecule has 0 radical (unpaired) electrons. The van der Waals surface area contributed by atoms with Crippen LogP contribution in [0, 0.1) is 5.92 Å². The fourth-order valence-corrected chi connectivity index (χ4v) is 3.32. The van der Waals surface area contributed by atoms with E-state index >= 15 is 0 Å². The van der Waals surface area contributed by atoms with Crippen LogP contribution in [0.25, 0.3) is 0 Å². The Bertz CT molecular complexity index is 515. The Kier molecular flexibility index (Phi) is 6.29. The van der Waals surface area contributed by atoms with Gasteiger partial charge in [0, 0.05) is 24.8 Å². The van der Waals surface area contributed by atoms with E-state index in [-0.39, 0.29) is 12.4 Å². The normalized spacial score (nSPS) is 12.1. The largest absolute Gasteiger partial charge is 0.492 e. The van der Waals surface area contributed by atoms with Crippen LogP contribution in [-0.4, -0.2) is 38.2 Å². The molecule has 20 heavy (non-hydrogen) atoms. The third-order valence-electron chi connectivity index (χ3n) is 2.78. The minimum absolute atomic E-state index is 0.0254. The molecule has 0 aliphatic rings. The van der Waals surface area contributed by atoms with Gasteiger partial charge in [0.2, 0.25) is 10.0 Å². The number of hydrogen-bond donors (Lipinski definition) is 1. The van der Waals surface area contributed by atoms with Crippen molar-refractivity contribution in [3.8, 4) is 5.75 Å². The van der Waals surface area contributed by atoms with Crippen LogP contribution in [0.1, 0.15) is 20.8 Å². The Morgan fingerprint density at radius 2 is 2.05 bits per heavy atom. The first-order chi connectivity index (χ1) is 9.35. The molecule has 0 spiro atoms. The number of ether oxygens (including phenoxy) is 1. The van der Waals surface area contributed by atoms with Crippen LogP contribution < -0.4 is 10.5 Å². The third kappa shape index (κ3) is 5.38. The van der Waals surface area contributed by atoms with Gasteiger partial charge in [-0.05, 0) is 18.1 Å². The van der Waals surface area contributed by atoms with Crippen LogP contribution in [0.5, 0.6) is 5.75 Å². The Hall–Kier alpha value is -1.27. The molecule has 0 heterocycles. The van der Waals surface area contributed by atoms with E-state index in [9.17, 15) is 8.42 Å². The van der Waals surface area contributed by atoms with Gasteiger partial charge in [-0.25, -0.2) is 12.7 Å². The Balaban J connectivity index is 2.54. The highest BCUT2D eigenvalue weighted by Crippen LogP contribution is 2.14. The number of benzene rings is 1. The molecule has 0 atom stereocenters. The quantitative estimate of drug-likeness (QED) is 0.745. The lowest BCUT2D eigenvalue weighted by atomic mass is 10.2. The molecule has 0 aromatic heterocycles. The molecule has 0 saturated heterocycles. The molecule has 0 amide bonds. The van der Waals surface area contributed by atoms with E-state index in [0.717, 1.165) is 0 Å². The SMILES string of the molecule is CCN(CC(C)C)S(=O)(=O)CCOc1cccc(N)c1. The molecule has 1 rings (SSSR count). The van der Waals surface area contributed by atoms with Crippen LogP contribution in [0.3, 0.4) is 0 Å². The first-order valence-corrected chi connectivity index (χ1v) is 8.42. The van der Waals surface area contributed by atoms with Crippen LogP contribution >= 0.6 is 0 Å². The standard InChI is InChI=1S/C14H24N2O3S/c1-4-16(11-12(2)3)20(17,18)9-8-19-14-7-5-6-13(15)10-14/h5-7,10,12H,4,8-9,11,15H2,1-3H3. The summed E-state index contributed by atoms with van der Waals surface area (Å²) in [5, 5.41) is 0. The van der Waals surface area contributed by atoms with Crippen LogP contribution in [0.15, 0.2) is 24.3 Å². The summed E-state index contributed by atoms with van der Waals surface area (Å²) in [5.74, 6) is 0.870. The van der Waals surface area contributed by atoms with Crippen molar-refractivity contribution in [2.75, 3.05) is 31.2 Å². The average molecular weight is 300 g/mol. The lowest BCUT2D eigenvalue weighted by Gasteiger charge is -2.22. The summed E-state index contributed by atoms with van der Waals surface area (Å²) in [6.45, 7) is 7.00. The number of sulfonamides is 1. The van der Waals surface area contributed by atoms with E-state index in [1.165, 1.54) is 4.31 Å². The summed E-state index contributed by atoms with van der Waals surface area (Å²) in [7, 11) is -3.27. The minimum Gasteiger partial charge on any atom is -0.492 e. The number of anilines is 1. The predicted molar refractivity (Wildman–Crippen MR) is 82.2 cm³/mol. The summed E-state index contributed by atoms with van der Waals surface area (Å²) in [4.78, 5) is 0. The molecule has 0 fully saturated rings. The first kappa shape index (κ1) is 16.8. The minimum atomic E-state index is -3.27. The van der Waals surface area contributed by atoms with Gasteiger partial charge in [-0.2, -0.15) is 0 Å². The van der Waals surface area contributed by atoms with Gasteiger partial charge in [0.1, 0.15) is 12.4 Å². The molecule has 6 heteroatoms. The second kappa shape index (κ2) is 7.50. The van der Waals surface area contributed by atoms with Crippen molar-refractivity contribution in [2.45, 2.75) is 20.8 Å². The molecule has 1 aromatic carbocycles. The van der Waals surface area contributed by atoms with Crippen molar-refractivity contribution in [1.82, 2.24) is 4.31 Å². The summed E-state index contributed by atoms with van der Waals surface area (Å²) in [6.07, 6.45) is 0. The molecular weight excluding hydrogens is 276 g/mol. The highest BCUT2D eigenvalue weighted by atomic mass is 32.2. The molecule has 5 nitrogen and oxygen atoms in total. The zero-order valence-corrected chi connectivity index (χ0v) is 13.2. The fraction of sp³-hybridized carbons (Fsp3) is 0.571. The van der Waals surface area contributed by atoms with Crippen LogP contribution in [0.2, 0.25) is 0 Å². The second-order valence-electron chi connectivity index (χ2n) is 5.08. The van der Waals surface area contributed by atoms with Gasteiger partial charge in [-0.3, -0.25) is 0 Å². The van der Waals surface area contributed by atoms with Crippen molar-refractivity contribution in [2.24, 2.45) is 5.92 Å². The van der Waals surface area contributed by atoms with Crippen molar-refractivity contribution < 1.29 is 13.2 Å². The molecule has 0 bridgehead atoms. The zero-order chi connectivity index (χ0) is 15.2. The van der Waals surface area contributed by atoms with Crippen LogP contribution in [0.4, 0.5) is 5.69 Å². The highest BCUT2D eigenvalue weighted by Gasteiger charge is 2.21. The van der Waals surface area contributed by atoms with Crippen molar-refractivity contribution in [3.05, 3.63) is 24.3 Å². The van der Waals surface area contributed by atoms with E-state index in [1.54, 1.807) is 24.3 Å². The van der Waals surface area contributed by atoms with E-state index in [1.807, 2.05) is 20.8 Å². The van der Waals surface area contributed by atoms with E-state index in [4.69, 9.17) is 10.5 Å². The fourth-order valence-electron chi connectivity index (χ4n) is 1.84. The maximum Gasteiger partial charge on any atom is 0.217 e. The van der Waals surface area contributed by atoms with Gasteiger partial charge >= 0.3 is 0 Å². The van der Waals surface area contributed by atoms with Gasteiger partial charge in [-0.1, -0.05) is 26.8 Å². The van der Waals surface area contributed by atoms with E-state index in [2.05, 4.69) is 0 Å². The van der Waals surface area contributed by atoms with Gasteiger partial charge in [0.25, 0.3) is 0 Å². The lowest BCUT2D eigenvalue weighted by Crippen LogP contribution is -2.37. The zero-order valence-electron chi connectivity index (χ0n) is 12.4. The smallest absolute Gasteiger partial charge is 0.217 e. The number of rotatable bonds is 8. The summed E-state index contributed by atoms with van der Waals surface area (Å²) < 4.78 is 31.3. The van der Waals surface area contributed by atoms with E-state index < -0.39 is 10.0 Å². The van der Waals surface area contributed by atoms with Gasteiger partial charge in [0.05, 0.1) is 5.75 Å². The number of nitrogens with two attached hydrogens (primary N) is 1. The molecule has 0 aliphatic heterocycles. The molecule has 1 aromatic rings. The molecule has 0 unspecified atom stereocenters. The third-order valence-corrected chi connectivity index (χ3v) is 4.66.